The molecule has 4 unspecified atom stereocenters. The quantitative estimate of drug-likeness (QED) is 0.140. The number of aliphatic hydroxyl groups excluding tert-OH is 1. The van der Waals surface area contributed by atoms with Gasteiger partial charge in [-0.25, -0.2) is 9.78 Å². The summed E-state index contributed by atoms with van der Waals surface area (Å²) in [5, 5.41) is 34.5. The fourth-order valence-corrected chi connectivity index (χ4v) is 2.75. The van der Waals surface area contributed by atoms with Gasteiger partial charge in [-0.1, -0.05) is 13.8 Å². The van der Waals surface area contributed by atoms with E-state index in [0.717, 1.165) is 0 Å². The number of imidazole rings is 1. The second-order valence-electron chi connectivity index (χ2n) is 7.69. The fourth-order valence-electron chi connectivity index (χ4n) is 2.75. The van der Waals surface area contributed by atoms with Crippen molar-refractivity contribution >= 4 is 29.7 Å². The monoisotopic (exact) mass is 470 g/mol. The SMILES string of the molecule is CC(C)C(NC(=O)C(CO)NC(=O)C(N)CCC(=O)O)C(=O)NC(Cc1cnc[nH]1)C(=O)O. The lowest BCUT2D eigenvalue weighted by Gasteiger charge is -2.26. The Hall–Kier alpha value is -3.52. The van der Waals surface area contributed by atoms with Crippen LogP contribution in [0.5, 0.6) is 0 Å². The van der Waals surface area contributed by atoms with Crippen molar-refractivity contribution in [1.29, 1.82) is 0 Å². The van der Waals surface area contributed by atoms with Crippen LogP contribution in [0.1, 0.15) is 32.4 Å². The van der Waals surface area contributed by atoms with Gasteiger partial charge >= 0.3 is 11.9 Å². The standard InChI is InChI=1S/C19H30N6O8/c1-9(2)15(18(31)23-12(19(32)33)5-10-6-21-8-22-10)25-17(30)13(7-26)24-16(29)11(20)3-4-14(27)28/h6,8-9,11-13,15,26H,3-5,7,20H2,1-2H3,(H,21,22)(H,23,31)(H,24,29)(H,25,30)(H,27,28)(H,32,33). The largest absolute Gasteiger partial charge is 0.481 e. The number of nitrogens with zero attached hydrogens (tertiary/aromatic N) is 1. The van der Waals surface area contributed by atoms with Gasteiger partial charge in [0.2, 0.25) is 17.7 Å². The molecule has 3 amide bonds. The predicted octanol–water partition coefficient (Wildman–Crippen LogP) is -2.67. The maximum atomic E-state index is 12.7. The minimum Gasteiger partial charge on any atom is -0.481 e. The van der Waals surface area contributed by atoms with E-state index in [0.29, 0.717) is 5.69 Å². The van der Waals surface area contributed by atoms with Gasteiger partial charge in [-0.2, -0.15) is 0 Å². The van der Waals surface area contributed by atoms with Crippen LogP contribution < -0.4 is 21.7 Å². The van der Waals surface area contributed by atoms with Crippen molar-refractivity contribution in [3.05, 3.63) is 18.2 Å². The van der Waals surface area contributed by atoms with Gasteiger partial charge in [-0.05, 0) is 12.3 Å². The summed E-state index contributed by atoms with van der Waals surface area (Å²) >= 11 is 0. The number of carboxylic acid groups (broad SMARTS) is 2. The number of H-pyrrole nitrogens is 1. The van der Waals surface area contributed by atoms with Crippen molar-refractivity contribution in [2.75, 3.05) is 6.61 Å². The maximum Gasteiger partial charge on any atom is 0.326 e. The molecule has 14 heteroatoms. The van der Waals surface area contributed by atoms with Crippen molar-refractivity contribution in [2.24, 2.45) is 11.7 Å². The van der Waals surface area contributed by atoms with Crippen molar-refractivity contribution < 1.29 is 39.3 Å². The van der Waals surface area contributed by atoms with E-state index in [4.69, 9.17) is 10.8 Å². The number of aromatic nitrogens is 2. The summed E-state index contributed by atoms with van der Waals surface area (Å²) in [5.41, 5.74) is 6.07. The van der Waals surface area contributed by atoms with Crippen molar-refractivity contribution in [3.8, 4) is 0 Å². The average molecular weight is 470 g/mol. The van der Waals surface area contributed by atoms with Crippen molar-refractivity contribution in [2.45, 2.75) is 57.3 Å². The van der Waals surface area contributed by atoms with Gasteiger partial charge < -0.3 is 42.0 Å². The number of carbonyl (C=O) groups is 5. The first-order chi connectivity index (χ1) is 15.5. The third-order valence-electron chi connectivity index (χ3n) is 4.66. The van der Waals surface area contributed by atoms with Crippen LogP contribution in [0.2, 0.25) is 0 Å². The molecule has 9 N–H and O–H groups in total. The summed E-state index contributed by atoms with van der Waals surface area (Å²) in [6, 6.07) is -5.14. The molecule has 4 atom stereocenters. The Labute approximate surface area is 189 Å². The third-order valence-corrected chi connectivity index (χ3v) is 4.66. The summed E-state index contributed by atoms with van der Waals surface area (Å²) in [7, 11) is 0. The number of nitrogens with one attached hydrogen (secondary N) is 4. The van der Waals surface area contributed by atoms with E-state index in [1.807, 2.05) is 0 Å². The molecule has 0 aliphatic rings. The number of carbonyl (C=O) groups excluding carboxylic acids is 3. The van der Waals surface area contributed by atoms with Crippen LogP contribution in [0.15, 0.2) is 12.5 Å². The average Bonchev–Trinajstić information content (AvgIpc) is 3.25. The number of aliphatic hydroxyl groups is 1. The van der Waals surface area contributed by atoms with Gasteiger partial charge in [0.25, 0.3) is 0 Å². The molecule has 0 spiro atoms. The van der Waals surface area contributed by atoms with Crippen LogP contribution in [-0.4, -0.2) is 85.7 Å². The predicted molar refractivity (Wildman–Crippen MR) is 112 cm³/mol. The fraction of sp³-hybridized carbons (Fsp3) is 0.579. The molecule has 1 heterocycles. The number of hydrogen-bond acceptors (Lipinski definition) is 8. The lowest BCUT2D eigenvalue weighted by Crippen LogP contribution is -2.59. The molecule has 14 nitrogen and oxygen atoms in total. The van der Waals surface area contributed by atoms with Gasteiger partial charge in [0.1, 0.15) is 18.1 Å². The lowest BCUT2D eigenvalue weighted by atomic mass is 10.0. The Morgan fingerprint density at radius 2 is 1.67 bits per heavy atom. The molecule has 0 fully saturated rings. The Balaban J connectivity index is 2.79. The molecular formula is C19H30N6O8. The van der Waals surface area contributed by atoms with Crippen molar-refractivity contribution in [3.63, 3.8) is 0 Å². The smallest absolute Gasteiger partial charge is 0.326 e. The number of nitrogens with two attached hydrogens (primary N) is 1. The first-order valence-corrected chi connectivity index (χ1v) is 10.2. The summed E-state index contributed by atoms with van der Waals surface area (Å²) in [5.74, 6) is -5.42. The minimum atomic E-state index is -1.46. The van der Waals surface area contributed by atoms with Crippen LogP contribution in [0.3, 0.4) is 0 Å². The summed E-state index contributed by atoms with van der Waals surface area (Å²) in [6.07, 6.45) is 2.18. The highest BCUT2D eigenvalue weighted by Gasteiger charge is 2.32. The Bertz CT molecular complexity index is 828. The second-order valence-corrected chi connectivity index (χ2v) is 7.69. The van der Waals surface area contributed by atoms with Crippen LogP contribution in [0.4, 0.5) is 0 Å². The molecule has 1 aromatic rings. The number of aromatic amines is 1. The van der Waals surface area contributed by atoms with Crippen LogP contribution >= 0.6 is 0 Å². The number of rotatable bonds is 14. The van der Waals surface area contributed by atoms with Crippen LogP contribution in [0, 0.1) is 5.92 Å². The lowest BCUT2D eigenvalue weighted by molar-refractivity contribution is -0.142. The molecule has 0 aromatic carbocycles. The van der Waals surface area contributed by atoms with Gasteiger partial charge in [0.15, 0.2) is 0 Å². The Morgan fingerprint density at radius 1 is 1.03 bits per heavy atom. The summed E-state index contributed by atoms with van der Waals surface area (Å²) < 4.78 is 0. The molecule has 184 valence electrons. The second kappa shape index (κ2) is 13.1. The molecule has 0 aliphatic heterocycles. The molecule has 0 bridgehead atoms. The molecule has 0 saturated carbocycles. The third kappa shape index (κ3) is 9.24. The topological polar surface area (TPSA) is 237 Å². The first-order valence-electron chi connectivity index (χ1n) is 10.2. The molecule has 0 aliphatic carbocycles. The van der Waals surface area contributed by atoms with Crippen LogP contribution in [0.25, 0.3) is 0 Å². The van der Waals surface area contributed by atoms with E-state index in [-0.39, 0.29) is 19.3 Å². The van der Waals surface area contributed by atoms with E-state index < -0.39 is 66.4 Å². The molecule has 1 rings (SSSR count). The summed E-state index contributed by atoms with van der Waals surface area (Å²) in [6.45, 7) is 2.42. The van der Waals surface area contributed by atoms with Crippen LogP contribution in [-0.2, 0) is 30.4 Å². The number of carboxylic acids is 2. The molecule has 33 heavy (non-hydrogen) atoms. The highest BCUT2D eigenvalue weighted by Crippen LogP contribution is 2.06. The molecular weight excluding hydrogens is 440 g/mol. The zero-order valence-electron chi connectivity index (χ0n) is 18.3. The zero-order chi connectivity index (χ0) is 25.1. The molecule has 0 saturated heterocycles. The highest BCUT2D eigenvalue weighted by atomic mass is 16.4. The van der Waals surface area contributed by atoms with E-state index in [1.54, 1.807) is 13.8 Å². The van der Waals surface area contributed by atoms with Crippen molar-refractivity contribution in [1.82, 2.24) is 25.9 Å². The van der Waals surface area contributed by atoms with Gasteiger partial charge in [-0.3, -0.25) is 19.2 Å². The number of hydrogen-bond donors (Lipinski definition) is 8. The zero-order valence-corrected chi connectivity index (χ0v) is 18.3. The molecule has 0 radical (unpaired) electrons. The van der Waals surface area contributed by atoms with E-state index in [1.165, 1.54) is 12.5 Å². The van der Waals surface area contributed by atoms with Gasteiger partial charge in [-0.15, -0.1) is 0 Å². The summed E-state index contributed by atoms with van der Waals surface area (Å²) in [4.78, 5) is 66.0. The maximum absolute atomic E-state index is 12.7. The number of aliphatic carboxylic acids is 2. The minimum absolute atomic E-state index is 0.0661. The Kier molecular flexibility index (Phi) is 10.9. The normalized spacial score (nSPS) is 14.6. The van der Waals surface area contributed by atoms with Gasteiger partial charge in [0.05, 0.1) is 19.0 Å². The van der Waals surface area contributed by atoms with Gasteiger partial charge in [0, 0.05) is 24.7 Å². The molecule has 1 aromatic heterocycles. The van der Waals surface area contributed by atoms with E-state index in [2.05, 4.69) is 25.9 Å². The Morgan fingerprint density at radius 3 is 2.15 bits per heavy atom. The highest BCUT2D eigenvalue weighted by molar-refractivity contribution is 5.94. The first kappa shape index (κ1) is 27.5. The van der Waals surface area contributed by atoms with E-state index in [9.17, 15) is 34.2 Å². The number of amides is 3. The van der Waals surface area contributed by atoms with E-state index >= 15 is 0 Å².